The zero-order valence-electron chi connectivity index (χ0n) is 7.98. The summed E-state index contributed by atoms with van der Waals surface area (Å²) in [5.41, 5.74) is 1.28. The molecule has 2 aromatic heterocycles. The Morgan fingerprint density at radius 1 is 1.36 bits per heavy atom. The number of nitrogens with zero attached hydrogens (tertiary/aromatic N) is 3. The Hall–Kier alpha value is -1.91. The number of rotatable bonds is 1. The van der Waals surface area contributed by atoms with Gasteiger partial charge in [-0.3, -0.25) is 4.40 Å². The molecule has 0 aliphatic carbocycles. The van der Waals surface area contributed by atoms with Crippen molar-refractivity contribution >= 4 is 11.6 Å². The highest BCUT2D eigenvalue weighted by Crippen LogP contribution is 2.02. The van der Waals surface area contributed by atoms with E-state index in [1.54, 1.807) is 19.3 Å². The van der Waals surface area contributed by atoms with Crippen molar-refractivity contribution in [3.63, 3.8) is 0 Å². The van der Waals surface area contributed by atoms with Crippen LogP contribution >= 0.6 is 0 Å². The minimum atomic E-state index is -0.317. The van der Waals surface area contributed by atoms with Crippen LogP contribution in [0.2, 0.25) is 0 Å². The molecule has 0 unspecified atom stereocenters. The van der Waals surface area contributed by atoms with E-state index in [0.29, 0.717) is 11.6 Å². The molecule has 0 spiro atoms. The summed E-state index contributed by atoms with van der Waals surface area (Å²) >= 11 is 0. The third kappa shape index (κ3) is 1.32. The molecule has 0 bridgehead atoms. The molecule has 5 nitrogen and oxygen atoms in total. The van der Waals surface area contributed by atoms with Gasteiger partial charge in [-0.1, -0.05) is 6.07 Å². The summed E-state index contributed by atoms with van der Waals surface area (Å²) in [7, 11) is 1.68. The van der Waals surface area contributed by atoms with Crippen molar-refractivity contribution in [3.05, 3.63) is 34.4 Å². The summed E-state index contributed by atoms with van der Waals surface area (Å²) in [5.74, 6) is 0.346. The van der Waals surface area contributed by atoms with Gasteiger partial charge in [-0.2, -0.15) is 9.97 Å². The molecule has 0 fully saturated rings. The van der Waals surface area contributed by atoms with Crippen LogP contribution in [0.25, 0.3) is 5.65 Å². The van der Waals surface area contributed by atoms with E-state index in [1.165, 1.54) is 4.40 Å². The molecule has 0 aromatic carbocycles. The van der Waals surface area contributed by atoms with Crippen LogP contribution in [0.1, 0.15) is 5.56 Å². The van der Waals surface area contributed by atoms with Crippen LogP contribution in [0.15, 0.2) is 23.1 Å². The number of fused-ring (bicyclic) bond motifs is 1. The van der Waals surface area contributed by atoms with Gasteiger partial charge in [0.15, 0.2) is 0 Å². The smallest absolute Gasteiger partial charge is 0.356 e. The fraction of sp³-hybridized carbons (Fsp3) is 0.222. The van der Waals surface area contributed by atoms with Crippen LogP contribution in [0.3, 0.4) is 0 Å². The third-order valence-corrected chi connectivity index (χ3v) is 1.93. The molecule has 0 saturated carbocycles. The molecule has 0 saturated heterocycles. The Morgan fingerprint density at radius 2 is 2.14 bits per heavy atom. The highest BCUT2D eigenvalue weighted by atomic mass is 16.1. The van der Waals surface area contributed by atoms with Gasteiger partial charge >= 0.3 is 5.69 Å². The van der Waals surface area contributed by atoms with E-state index in [9.17, 15) is 4.79 Å². The normalized spacial score (nSPS) is 10.4. The Morgan fingerprint density at radius 3 is 2.86 bits per heavy atom. The van der Waals surface area contributed by atoms with Gasteiger partial charge in [0, 0.05) is 13.2 Å². The number of hydrogen-bond acceptors (Lipinski definition) is 4. The molecule has 5 heteroatoms. The predicted molar refractivity (Wildman–Crippen MR) is 53.5 cm³/mol. The maximum atomic E-state index is 11.5. The summed E-state index contributed by atoms with van der Waals surface area (Å²) in [5, 5.41) is 2.74. The van der Waals surface area contributed by atoms with Crippen molar-refractivity contribution in [2.45, 2.75) is 6.92 Å². The van der Waals surface area contributed by atoms with E-state index >= 15 is 0 Å². The zero-order valence-corrected chi connectivity index (χ0v) is 7.98. The van der Waals surface area contributed by atoms with E-state index in [0.717, 1.165) is 5.56 Å². The van der Waals surface area contributed by atoms with Gasteiger partial charge in [-0.25, -0.2) is 4.79 Å². The lowest BCUT2D eigenvalue weighted by atomic mass is 10.3. The van der Waals surface area contributed by atoms with E-state index in [-0.39, 0.29) is 5.69 Å². The van der Waals surface area contributed by atoms with Crippen LogP contribution in [-0.2, 0) is 0 Å². The van der Waals surface area contributed by atoms with E-state index in [2.05, 4.69) is 15.3 Å². The Balaban J connectivity index is 2.83. The van der Waals surface area contributed by atoms with Gasteiger partial charge < -0.3 is 5.32 Å². The Kier molecular flexibility index (Phi) is 1.92. The first-order valence-electron chi connectivity index (χ1n) is 4.25. The Bertz CT molecular complexity index is 532. The molecule has 0 aliphatic rings. The topological polar surface area (TPSA) is 59.3 Å². The van der Waals surface area contributed by atoms with Gasteiger partial charge in [0.25, 0.3) is 0 Å². The second-order valence-electron chi connectivity index (χ2n) is 3.01. The van der Waals surface area contributed by atoms with Crippen LogP contribution in [0.4, 0.5) is 5.95 Å². The summed E-state index contributed by atoms with van der Waals surface area (Å²) in [6, 6.07) is 3.69. The number of nitrogens with one attached hydrogen (secondary N) is 1. The van der Waals surface area contributed by atoms with Crippen molar-refractivity contribution in [2.75, 3.05) is 12.4 Å². The van der Waals surface area contributed by atoms with Crippen LogP contribution in [0.5, 0.6) is 0 Å². The van der Waals surface area contributed by atoms with Crippen LogP contribution < -0.4 is 11.0 Å². The standard InChI is InChI=1S/C9H10N4O/c1-6-3-4-7-11-8(10-2)12-9(14)13(7)5-6/h3-5H,1-2H3,(H,10,12,14). The lowest BCUT2D eigenvalue weighted by molar-refractivity contribution is 0.937. The third-order valence-electron chi connectivity index (χ3n) is 1.93. The first kappa shape index (κ1) is 8.68. The van der Waals surface area contributed by atoms with Crippen LogP contribution in [0, 0.1) is 6.92 Å². The second kappa shape index (κ2) is 3.10. The second-order valence-corrected chi connectivity index (χ2v) is 3.01. The van der Waals surface area contributed by atoms with E-state index in [4.69, 9.17) is 0 Å². The number of pyridine rings is 1. The maximum Gasteiger partial charge on any atom is 0.356 e. The summed E-state index contributed by atoms with van der Waals surface area (Å²) in [4.78, 5) is 19.4. The first-order valence-corrected chi connectivity index (χ1v) is 4.25. The molecular weight excluding hydrogens is 180 g/mol. The van der Waals surface area contributed by atoms with Crippen molar-refractivity contribution in [3.8, 4) is 0 Å². The zero-order chi connectivity index (χ0) is 10.1. The van der Waals surface area contributed by atoms with Gasteiger partial charge in [-0.05, 0) is 18.6 Å². The van der Waals surface area contributed by atoms with Crippen molar-refractivity contribution in [2.24, 2.45) is 0 Å². The minimum Gasteiger partial charge on any atom is -0.357 e. The molecule has 1 N–H and O–H groups in total. The highest BCUT2D eigenvalue weighted by Gasteiger charge is 2.01. The number of hydrogen-bond donors (Lipinski definition) is 1. The lowest BCUT2D eigenvalue weighted by Gasteiger charge is -2.02. The average molecular weight is 190 g/mol. The molecule has 72 valence electrons. The molecule has 0 amide bonds. The summed E-state index contributed by atoms with van der Waals surface area (Å²) in [6.45, 7) is 1.91. The fourth-order valence-electron chi connectivity index (χ4n) is 1.23. The number of anilines is 1. The largest absolute Gasteiger partial charge is 0.357 e. The quantitative estimate of drug-likeness (QED) is 0.708. The fourth-order valence-corrected chi connectivity index (χ4v) is 1.23. The van der Waals surface area contributed by atoms with E-state index in [1.807, 2.05) is 13.0 Å². The van der Waals surface area contributed by atoms with Crippen molar-refractivity contribution in [1.29, 1.82) is 0 Å². The Labute approximate surface area is 80.4 Å². The predicted octanol–water partition coefficient (Wildman–Crippen LogP) is 0.440. The van der Waals surface area contributed by atoms with E-state index < -0.39 is 0 Å². The molecule has 0 aliphatic heterocycles. The minimum absolute atomic E-state index is 0.317. The molecule has 0 radical (unpaired) electrons. The molecular formula is C9H10N4O. The molecule has 2 rings (SSSR count). The van der Waals surface area contributed by atoms with Gasteiger partial charge in [0.05, 0.1) is 0 Å². The van der Waals surface area contributed by atoms with Crippen LogP contribution in [-0.4, -0.2) is 21.4 Å². The SMILES string of the molecule is CNc1nc(=O)n2cc(C)ccc2n1. The van der Waals surface area contributed by atoms with Gasteiger partial charge in [-0.15, -0.1) is 0 Å². The monoisotopic (exact) mass is 190 g/mol. The molecule has 2 heterocycles. The van der Waals surface area contributed by atoms with Gasteiger partial charge in [0.2, 0.25) is 5.95 Å². The molecule has 2 aromatic rings. The summed E-state index contributed by atoms with van der Waals surface area (Å²) < 4.78 is 1.43. The molecule has 14 heavy (non-hydrogen) atoms. The maximum absolute atomic E-state index is 11.5. The average Bonchev–Trinajstić information content (AvgIpc) is 2.19. The first-order chi connectivity index (χ1) is 6.70. The molecule has 0 atom stereocenters. The van der Waals surface area contributed by atoms with Crippen molar-refractivity contribution < 1.29 is 0 Å². The summed E-state index contributed by atoms with van der Waals surface area (Å²) in [6.07, 6.45) is 1.72. The number of aryl methyl sites for hydroxylation is 1. The lowest BCUT2D eigenvalue weighted by Crippen LogP contribution is -2.20. The van der Waals surface area contributed by atoms with Gasteiger partial charge in [0.1, 0.15) is 5.65 Å². The highest BCUT2D eigenvalue weighted by molar-refractivity contribution is 5.42. The number of aromatic nitrogens is 3. The van der Waals surface area contributed by atoms with Crippen molar-refractivity contribution in [1.82, 2.24) is 14.4 Å².